The number of ether oxygens (including phenoxy) is 2. The van der Waals surface area contributed by atoms with Crippen molar-refractivity contribution in [1.29, 1.82) is 0 Å². The Balaban J connectivity index is 1.99. The number of nitrogens with zero attached hydrogens (tertiary/aromatic N) is 2. The molecule has 2 rings (SSSR count). The van der Waals surface area contributed by atoms with Crippen molar-refractivity contribution in [3.05, 3.63) is 48.6 Å². The first-order chi connectivity index (χ1) is 12.6. The smallest absolute Gasteiger partial charge is 0.410 e. The lowest BCUT2D eigenvalue weighted by molar-refractivity contribution is -0.110. The Kier molecular flexibility index (Phi) is 6.49. The van der Waals surface area contributed by atoms with Gasteiger partial charge in [0.2, 0.25) is 0 Å². The lowest BCUT2D eigenvalue weighted by atomic mass is 9.94. The molecule has 1 aliphatic heterocycles. The van der Waals surface area contributed by atoms with Gasteiger partial charge in [-0.15, -0.1) is 0 Å². The summed E-state index contributed by atoms with van der Waals surface area (Å²) < 4.78 is 10.4. The summed E-state index contributed by atoms with van der Waals surface area (Å²) in [5, 5.41) is 10.7. The fraction of sp³-hybridized carbons (Fsp3) is 0.500. The highest BCUT2D eigenvalue weighted by Gasteiger charge is 2.47. The van der Waals surface area contributed by atoms with Crippen molar-refractivity contribution in [1.82, 2.24) is 9.80 Å². The highest BCUT2D eigenvalue weighted by molar-refractivity contribution is 5.70. The van der Waals surface area contributed by atoms with E-state index in [1.54, 1.807) is 20.8 Å². The summed E-state index contributed by atoms with van der Waals surface area (Å²) in [5.74, 6) is 0. The number of amides is 2. The third-order valence-corrected chi connectivity index (χ3v) is 3.91. The molecular weight excluding hydrogens is 348 g/mol. The first kappa shape index (κ1) is 20.8. The number of aliphatic hydroxyl groups is 1. The second-order valence-corrected chi connectivity index (χ2v) is 7.77. The molecule has 1 saturated heterocycles. The summed E-state index contributed by atoms with van der Waals surface area (Å²) in [6.07, 6.45) is 0.472. The zero-order chi connectivity index (χ0) is 20.1. The van der Waals surface area contributed by atoms with Gasteiger partial charge in [-0.1, -0.05) is 43.0 Å². The number of hydrogen-bond acceptors (Lipinski definition) is 5. The van der Waals surface area contributed by atoms with Gasteiger partial charge in [0.15, 0.2) is 0 Å². The molecule has 0 unspecified atom stereocenters. The number of rotatable bonds is 6. The van der Waals surface area contributed by atoms with Crippen LogP contribution in [0.15, 0.2) is 43.0 Å². The fourth-order valence-corrected chi connectivity index (χ4v) is 2.79. The molecule has 0 saturated carbocycles. The van der Waals surface area contributed by atoms with Crippen molar-refractivity contribution in [2.24, 2.45) is 0 Å². The monoisotopic (exact) mass is 376 g/mol. The van der Waals surface area contributed by atoms with Gasteiger partial charge < -0.3 is 24.4 Å². The highest BCUT2D eigenvalue weighted by atomic mass is 16.6. The van der Waals surface area contributed by atoms with Gasteiger partial charge in [0.1, 0.15) is 17.8 Å². The lowest BCUT2D eigenvalue weighted by Crippen LogP contribution is -2.68. The summed E-state index contributed by atoms with van der Waals surface area (Å²) in [6.45, 7) is 9.53. The molecule has 1 aromatic carbocycles. The Bertz CT molecular complexity index is 663. The quantitative estimate of drug-likeness (QED) is 0.773. The average molecular weight is 376 g/mol. The van der Waals surface area contributed by atoms with E-state index in [1.165, 1.54) is 15.9 Å². The normalized spacial score (nSPS) is 15.5. The van der Waals surface area contributed by atoms with Crippen molar-refractivity contribution in [2.75, 3.05) is 26.2 Å². The van der Waals surface area contributed by atoms with E-state index < -0.39 is 23.4 Å². The van der Waals surface area contributed by atoms with E-state index in [9.17, 15) is 14.7 Å². The molecule has 0 spiro atoms. The van der Waals surface area contributed by atoms with Gasteiger partial charge in [0.05, 0.1) is 19.6 Å². The Morgan fingerprint density at radius 1 is 1.30 bits per heavy atom. The maximum absolute atomic E-state index is 12.4. The van der Waals surface area contributed by atoms with E-state index in [4.69, 9.17) is 9.47 Å². The molecule has 1 aromatic rings. The van der Waals surface area contributed by atoms with Crippen LogP contribution in [0.25, 0.3) is 0 Å². The van der Waals surface area contributed by atoms with Crippen molar-refractivity contribution in [2.45, 2.75) is 38.5 Å². The van der Waals surface area contributed by atoms with Crippen LogP contribution in [0.5, 0.6) is 0 Å². The molecule has 0 radical (unpaired) electrons. The molecule has 27 heavy (non-hydrogen) atoms. The highest BCUT2D eigenvalue weighted by Crippen LogP contribution is 2.25. The molecule has 7 heteroatoms. The summed E-state index contributed by atoms with van der Waals surface area (Å²) in [6, 6.07) is 9.44. The van der Waals surface area contributed by atoms with Crippen LogP contribution in [-0.2, 0) is 16.0 Å². The van der Waals surface area contributed by atoms with E-state index >= 15 is 0 Å². The molecule has 7 nitrogen and oxygen atoms in total. The number of hydrogen-bond donors (Lipinski definition) is 1. The van der Waals surface area contributed by atoms with E-state index in [0.29, 0.717) is 6.54 Å². The minimum absolute atomic E-state index is 0.0527. The summed E-state index contributed by atoms with van der Waals surface area (Å²) >= 11 is 0. The second-order valence-electron chi connectivity index (χ2n) is 7.77. The molecule has 1 fully saturated rings. The van der Waals surface area contributed by atoms with Crippen LogP contribution in [0.1, 0.15) is 26.3 Å². The molecule has 0 bridgehead atoms. The minimum atomic E-state index is -1.20. The van der Waals surface area contributed by atoms with Gasteiger partial charge in [-0.05, 0) is 26.3 Å². The molecule has 148 valence electrons. The Morgan fingerprint density at radius 3 is 2.48 bits per heavy atom. The maximum Gasteiger partial charge on any atom is 0.410 e. The predicted molar refractivity (Wildman–Crippen MR) is 101 cm³/mol. The molecule has 1 aliphatic rings. The van der Waals surface area contributed by atoms with Crippen molar-refractivity contribution in [3.8, 4) is 0 Å². The number of carbonyl (C=O) groups is 2. The number of likely N-dealkylation sites (tertiary alicyclic amines) is 1. The van der Waals surface area contributed by atoms with Gasteiger partial charge in [0.25, 0.3) is 0 Å². The van der Waals surface area contributed by atoms with Gasteiger partial charge >= 0.3 is 12.2 Å². The summed E-state index contributed by atoms with van der Waals surface area (Å²) in [5.41, 5.74) is -0.877. The van der Waals surface area contributed by atoms with Crippen LogP contribution in [0.3, 0.4) is 0 Å². The van der Waals surface area contributed by atoms with Crippen LogP contribution >= 0.6 is 0 Å². The van der Waals surface area contributed by atoms with Gasteiger partial charge in [-0.3, -0.25) is 0 Å². The molecule has 1 heterocycles. The van der Waals surface area contributed by atoms with Crippen LogP contribution in [0, 0.1) is 0 Å². The Labute approximate surface area is 160 Å². The largest absolute Gasteiger partial charge is 0.445 e. The lowest BCUT2D eigenvalue weighted by Gasteiger charge is -2.47. The van der Waals surface area contributed by atoms with Crippen LogP contribution in [-0.4, -0.2) is 64.5 Å². The SMILES string of the molecule is C=CCOC(=O)N(Cc1ccccc1)CC1(O)CN(C(=O)OC(C)(C)C)C1. The van der Waals surface area contributed by atoms with Crippen LogP contribution < -0.4 is 0 Å². The molecule has 0 atom stereocenters. The molecular formula is C20H28N2O5. The summed E-state index contributed by atoms with van der Waals surface area (Å²) in [7, 11) is 0. The van der Waals surface area contributed by atoms with E-state index in [-0.39, 0.29) is 26.2 Å². The zero-order valence-electron chi connectivity index (χ0n) is 16.2. The molecule has 0 aromatic heterocycles. The standard InChI is InChI=1S/C20H28N2O5/c1-5-11-26-17(23)21(12-16-9-7-6-8-10-16)13-20(25)14-22(15-20)18(24)27-19(2,3)4/h5-10,25H,1,11-15H2,2-4H3. The number of β-amino-alcohol motifs (C(OH)–C–C–N with tert-alkyl or cyclic N) is 1. The first-order valence-electron chi connectivity index (χ1n) is 8.89. The first-order valence-corrected chi connectivity index (χ1v) is 8.89. The predicted octanol–water partition coefficient (Wildman–Crippen LogP) is 2.79. The molecule has 0 aliphatic carbocycles. The maximum atomic E-state index is 12.4. The van der Waals surface area contributed by atoms with Gasteiger partial charge in [0, 0.05) is 6.54 Å². The van der Waals surface area contributed by atoms with Gasteiger partial charge in [-0.25, -0.2) is 9.59 Å². The zero-order valence-corrected chi connectivity index (χ0v) is 16.2. The molecule has 2 amide bonds. The summed E-state index contributed by atoms with van der Waals surface area (Å²) in [4.78, 5) is 27.3. The Hall–Kier alpha value is -2.54. The topological polar surface area (TPSA) is 79.3 Å². The fourth-order valence-electron chi connectivity index (χ4n) is 2.79. The molecule has 1 N–H and O–H groups in total. The van der Waals surface area contributed by atoms with Crippen LogP contribution in [0.2, 0.25) is 0 Å². The second kappa shape index (κ2) is 8.43. The Morgan fingerprint density at radius 2 is 1.93 bits per heavy atom. The number of carbonyl (C=O) groups excluding carboxylic acids is 2. The van der Waals surface area contributed by atoms with Gasteiger partial charge in [-0.2, -0.15) is 0 Å². The average Bonchev–Trinajstić information content (AvgIpc) is 2.56. The van der Waals surface area contributed by atoms with Crippen molar-refractivity contribution in [3.63, 3.8) is 0 Å². The van der Waals surface area contributed by atoms with Crippen molar-refractivity contribution >= 4 is 12.2 Å². The van der Waals surface area contributed by atoms with Crippen molar-refractivity contribution < 1.29 is 24.2 Å². The third-order valence-electron chi connectivity index (χ3n) is 3.91. The number of benzene rings is 1. The minimum Gasteiger partial charge on any atom is -0.445 e. The van der Waals surface area contributed by atoms with E-state index in [0.717, 1.165) is 5.56 Å². The third kappa shape index (κ3) is 6.29. The van der Waals surface area contributed by atoms with Crippen LogP contribution in [0.4, 0.5) is 9.59 Å². The van der Waals surface area contributed by atoms with E-state index in [2.05, 4.69) is 6.58 Å². The van der Waals surface area contributed by atoms with E-state index in [1.807, 2.05) is 30.3 Å².